The van der Waals surface area contributed by atoms with Crippen LogP contribution in [0, 0.1) is 23.7 Å². The average Bonchev–Trinajstić information content (AvgIpc) is 3.47. The van der Waals surface area contributed by atoms with E-state index in [9.17, 15) is 24.3 Å². The molecule has 4 amide bonds. The minimum absolute atomic E-state index is 0.0297. The molecule has 258 valence electrons. The number of aliphatic carboxylic acids is 1. The van der Waals surface area contributed by atoms with E-state index in [0.717, 1.165) is 9.91 Å². The number of imide groups is 2. The van der Waals surface area contributed by atoms with Crippen LogP contribution in [0.25, 0.3) is 0 Å². The number of anilines is 1. The van der Waals surface area contributed by atoms with Crippen molar-refractivity contribution < 1.29 is 38.9 Å². The van der Waals surface area contributed by atoms with Crippen LogP contribution in [0.1, 0.15) is 42.7 Å². The number of hydrogen-bond acceptors (Lipinski definition) is 8. The molecule has 0 aromatic heterocycles. The first-order valence-corrected chi connectivity index (χ1v) is 17.0. The summed E-state index contributed by atoms with van der Waals surface area (Å²) in [5.74, 6) is -6.65. The molecule has 2 aliphatic heterocycles. The van der Waals surface area contributed by atoms with E-state index in [4.69, 9.17) is 33.0 Å². The maximum atomic E-state index is 15.2. The van der Waals surface area contributed by atoms with E-state index >= 15 is 4.79 Å². The van der Waals surface area contributed by atoms with Gasteiger partial charge in [0.15, 0.2) is 0 Å². The van der Waals surface area contributed by atoms with Crippen molar-refractivity contribution in [1.29, 1.82) is 0 Å². The number of nitrogens with one attached hydrogen (secondary N) is 1. The van der Waals surface area contributed by atoms with Crippen molar-refractivity contribution in [3.63, 3.8) is 0 Å². The molecule has 3 aromatic carbocycles. The summed E-state index contributed by atoms with van der Waals surface area (Å²) < 4.78 is 5.42. The Morgan fingerprint density at radius 3 is 2.40 bits per heavy atom. The zero-order chi connectivity index (χ0) is 35.5. The van der Waals surface area contributed by atoms with Gasteiger partial charge in [-0.15, -0.1) is 0 Å². The van der Waals surface area contributed by atoms with Gasteiger partial charge in [0.2, 0.25) is 11.8 Å². The highest BCUT2D eigenvalue weighted by Crippen LogP contribution is 2.65. The summed E-state index contributed by atoms with van der Waals surface area (Å²) in [6.07, 6.45) is 2.07. The van der Waals surface area contributed by atoms with Crippen molar-refractivity contribution in [2.45, 2.75) is 37.0 Å². The fourth-order valence-electron chi connectivity index (χ4n) is 8.59. The van der Waals surface area contributed by atoms with E-state index in [1.165, 1.54) is 19.2 Å². The number of methoxy groups -OCH3 is 1. The van der Waals surface area contributed by atoms with Crippen LogP contribution in [0.5, 0.6) is 11.5 Å². The number of carboxylic acid groups (broad SMARTS) is 1. The molecule has 3 aromatic rings. The first-order valence-electron chi connectivity index (χ1n) is 16.3. The number of hydrazine groups is 1. The molecule has 3 fully saturated rings. The number of nitrogens with zero attached hydrogens (tertiary/aromatic N) is 2. The van der Waals surface area contributed by atoms with Crippen LogP contribution in [-0.2, 0) is 29.4 Å². The molecule has 2 saturated heterocycles. The van der Waals surface area contributed by atoms with E-state index in [0.29, 0.717) is 27.5 Å². The fraction of sp³-hybridized carbons (Fsp3) is 0.324. The molecule has 2 heterocycles. The Morgan fingerprint density at radius 1 is 0.980 bits per heavy atom. The van der Waals surface area contributed by atoms with Crippen molar-refractivity contribution in [3.05, 3.63) is 99.6 Å². The molecule has 0 spiro atoms. The predicted octanol–water partition coefficient (Wildman–Crippen LogP) is 5.56. The summed E-state index contributed by atoms with van der Waals surface area (Å²) in [6, 6.07) is 18.1. The first-order chi connectivity index (χ1) is 24.0. The summed E-state index contributed by atoms with van der Waals surface area (Å²) in [6.45, 7) is -0.0297. The standard InChI is InChI=1S/C37H33Cl2N3O8/c1-50-21-11-8-19(9-12-21)37-26(34(47)42(36(37)49)40-28-15-10-20(38)17-27(28)39)18-25-22(32(37)23-5-2-3-6-29(23)43)13-14-24-31(25)35(48)41(33(24)46)16-4-7-30(44)45/h2-3,5-6,8-13,15,17,24-26,31-32,40,43H,4,7,14,16,18H2,1H3,(H,44,45). The van der Waals surface area contributed by atoms with Gasteiger partial charge in [-0.2, -0.15) is 5.01 Å². The van der Waals surface area contributed by atoms with E-state index in [2.05, 4.69) is 5.43 Å². The van der Waals surface area contributed by atoms with Gasteiger partial charge in [-0.3, -0.25) is 34.3 Å². The summed E-state index contributed by atoms with van der Waals surface area (Å²) in [4.78, 5) is 70.0. The van der Waals surface area contributed by atoms with Crippen LogP contribution in [-0.4, -0.2) is 63.4 Å². The van der Waals surface area contributed by atoms with E-state index in [1.54, 1.807) is 54.6 Å². The Labute approximate surface area is 297 Å². The number of benzene rings is 3. The molecule has 0 bridgehead atoms. The summed E-state index contributed by atoms with van der Waals surface area (Å²) >= 11 is 12.6. The largest absolute Gasteiger partial charge is 0.508 e. The third-order valence-electron chi connectivity index (χ3n) is 10.7. The second-order valence-electron chi connectivity index (χ2n) is 13.1. The molecular weight excluding hydrogens is 685 g/mol. The number of carbonyl (C=O) groups is 5. The number of ether oxygens (including phenoxy) is 1. The van der Waals surface area contributed by atoms with Crippen LogP contribution < -0.4 is 10.2 Å². The lowest BCUT2D eigenvalue weighted by molar-refractivity contribution is -0.142. The van der Waals surface area contributed by atoms with Gasteiger partial charge in [0.05, 0.1) is 41.0 Å². The number of fused-ring (bicyclic) bond motifs is 4. The van der Waals surface area contributed by atoms with Gasteiger partial charge in [0, 0.05) is 29.5 Å². The molecule has 13 heteroatoms. The van der Waals surface area contributed by atoms with Crippen LogP contribution in [0.4, 0.5) is 5.69 Å². The third kappa shape index (κ3) is 5.13. The van der Waals surface area contributed by atoms with Gasteiger partial charge in [-0.1, -0.05) is 65.2 Å². The molecule has 2 aliphatic carbocycles. The summed E-state index contributed by atoms with van der Waals surface area (Å²) in [7, 11) is 1.52. The zero-order valence-corrected chi connectivity index (χ0v) is 28.4. The normalized spacial score (nSPS) is 27.1. The van der Waals surface area contributed by atoms with Gasteiger partial charge in [-0.25, -0.2) is 0 Å². The molecule has 3 N–H and O–H groups in total. The van der Waals surface area contributed by atoms with Gasteiger partial charge in [-0.05, 0) is 67.1 Å². The number of aromatic hydroxyl groups is 1. The van der Waals surface area contributed by atoms with Crippen molar-refractivity contribution in [3.8, 4) is 11.5 Å². The first kappa shape index (κ1) is 33.6. The average molecular weight is 719 g/mol. The number of amides is 4. The molecule has 1 saturated carbocycles. The second-order valence-corrected chi connectivity index (χ2v) is 13.9. The highest BCUT2D eigenvalue weighted by atomic mass is 35.5. The number of carboxylic acids is 1. The topological polar surface area (TPSA) is 154 Å². The van der Waals surface area contributed by atoms with Gasteiger partial charge in [0.25, 0.3) is 11.8 Å². The number of phenols is 1. The maximum absolute atomic E-state index is 15.2. The molecule has 6 atom stereocenters. The van der Waals surface area contributed by atoms with Crippen LogP contribution in [0.2, 0.25) is 10.0 Å². The Bertz CT molecular complexity index is 1970. The molecule has 7 rings (SSSR count). The minimum atomic E-state index is -1.60. The van der Waals surface area contributed by atoms with Crippen LogP contribution in [0.15, 0.2) is 78.4 Å². The number of para-hydroxylation sites is 1. The van der Waals surface area contributed by atoms with Gasteiger partial charge in [0.1, 0.15) is 11.5 Å². The maximum Gasteiger partial charge on any atom is 0.303 e. The highest BCUT2D eigenvalue weighted by molar-refractivity contribution is 6.36. The molecule has 0 radical (unpaired) electrons. The number of halogens is 2. The quantitative estimate of drug-likeness (QED) is 0.191. The van der Waals surface area contributed by atoms with E-state index < -0.39 is 58.7 Å². The number of phenolic OH excluding ortho intramolecular Hbond substituents is 1. The molecule has 6 unspecified atom stereocenters. The van der Waals surface area contributed by atoms with Crippen molar-refractivity contribution >= 4 is 58.5 Å². The number of hydrogen-bond donors (Lipinski definition) is 3. The number of likely N-dealkylation sites (tertiary alicyclic amines) is 1. The third-order valence-corrected chi connectivity index (χ3v) is 11.2. The summed E-state index contributed by atoms with van der Waals surface area (Å²) in [5.41, 5.74) is 3.19. The molecule has 50 heavy (non-hydrogen) atoms. The predicted molar refractivity (Wildman–Crippen MR) is 182 cm³/mol. The second kappa shape index (κ2) is 12.8. The summed E-state index contributed by atoms with van der Waals surface area (Å²) in [5, 5.41) is 22.1. The van der Waals surface area contributed by atoms with E-state index in [1.807, 2.05) is 6.08 Å². The fourth-order valence-corrected chi connectivity index (χ4v) is 9.04. The van der Waals surface area contributed by atoms with Crippen LogP contribution >= 0.6 is 23.2 Å². The van der Waals surface area contributed by atoms with Gasteiger partial charge < -0.3 is 14.9 Å². The lowest BCUT2D eigenvalue weighted by Crippen LogP contribution is -2.53. The molecular formula is C37H33Cl2N3O8. The van der Waals surface area contributed by atoms with Crippen molar-refractivity contribution in [2.75, 3.05) is 19.1 Å². The molecule has 4 aliphatic rings. The lowest BCUT2D eigenvalue weighted by Gasteiger charge is -2.50. The molecule has 11 nitrogen and oxygen atoms in total. The monoisotopic (exact) mass is 717 g/mol. The van der Waals surface area contributed by atoms with E-state index in [-0.39, 0.29) is 54.6 Å². The Balaban J connectivity index is 1.41. The Hall–Kier alpha value is -4.87. The lowest BCUT2D eigenvalue weighted by atomic mass is 9.49. The Morgan fingerprint density at radius 2 is 1.72 bits per heavy atom. The number of rotatable bonds is 9. The van der Waals surface area contributed by atoms with Gasteiger partial charge >= 0.3 is 5.97 Å². The number of allylic oxidation sites excluding steroid dienone is 2. The van der Waals surface area contributed by atoms with Crippen molar-refractivity contribution in [1.82, 2.24) is 9.91 Å². The highest BCUT2D eigenvalue weighted by Gasteiger charge is 2.70. The number of carbonyl (C=O) groups excluding carboxylic acids is 4. The van der Waals surface area contributed by atoms with Crippen LogP contribution in [0.3, 0.4) is 0 Å². The Kier molecular flexibility index (Phi) is 8.60. The van der Waals surface area contributed by atoms with Crippen molar-refractivity contribution in [2.24, 2.45) is 23.7 Å². The SMILES string of the molecule is COc1ccc(C23C(=O)N(Nc4ccc(Cl)cc4Cl)C(=O)C2CC2C(=CCC4C(=O)N(CCCC(=O)O)C(=O)C42)C3c2ccccc2O)cc1. The minimum Gasteiger partial charge on any atom is -0.508 e. The zero-order valence-electron chi connectivity index (χ0n) is 26.8. The smallest absolute Gasteiger partial charge is 0.303 e.